The molecule has 1 aliphatic rings. The number of piperidine rings is 1. The molecule has 1 aromatic rings. The van der Waals surface area contributed by atoms with Crippen molar-refractivity contribution in [2.75, 3.05) is 19.7 Å². The van der Waals surface area contributed by atoms with Crippen molar-refractivity contribution >= 4 is 16.0 Å². The van der Waals surface area contributed by atoms with Crippen LogP contribution in [-0.4, -0.2) is 38.4 Å². The van der Waals surface area contributed by atoms with Crippen molar-refractivity contribution < 1.29 is 17.9 Å². The van der Waals surface area contributed by atoms with Crippen LogP contribution in [0.1, 0.15) is 36.5 Å². The highest BCUT2D eigenvalue weighted by molar-refractivity contribution is 7.89. The first-order valence-electron chi connectivity index (χ1n) is 6.83. The number of ether oxygens (including phenoxy) is 1. The second-order valence-corrected chi connectivity index (χ2v) is 6.65. The number of esters is 1. The maximum absolute atomic E-state index is 12.4. The molecule has 6 heteroatoms. The van der Waals surface area contributed by atoms with Gasteiger partial charge in [0.2, 0.25) is 10.0 Å². The predicted molar refractivity (Wildman–Crippen MR) is 75.0 cm³/mol. The van der Waals surface area contributed by atoms with Gasteiger partial charge in [-0.1, -0.05) is 6.42 Å². The highest BCUT2D eigenvalue weighted by Gasteiger charge is 2.25. The van der Waals surface area contributed by atoms with Gasteiger partial charge in [0.1, 0.15) is 0 Å². The fraction of sp³-hybridized carbons (Fsp3) is 0.500. The topological polar surface area (TPSA) is 63.7 Å². The fourth-order valence-corrected chi connectivity index (χ4v) is 3.75. The lowest BCUT2D eigenvalue weighted by Gasteiger charge is -2.25. The van der Waals surface area contributed by atoms with Crippen molar-refractivity contribution in [2.45, 2.75) is 31.1 Å². The summed E-state index contributed by atoms with van der Waals surface area (Å²) in [6.07, 6.45) is 2.88. The van der Waals surface area contributed by atoms with Gasteiger partial charge in [-0.2, -0.15) is 4.31 Å². The first-order chi connectivity index (χ1) is 9.55. The Morgan fingerprint density at radius 2 is 1.75 bits per heavy atom. The molecule has 2 rings (SSSR count). The molecule has 0 saturated carbocycles. The number of carbonyl (C=O) groups is 1. The van der Waals surface area contributed by atoms with Crippen molar-refractivity contribution in [3.8, 4) is 0 Å². The van der Waals surface area contributed by atoms with E-state index in [1.165, 1.54) is 28.6 Å². The van der Waals surface area contributed by atoms with Crippen LogP contribution >= 0.6 is 0 Å². The SMILES string of the molecule is CCOC(=O)c1ccc(S(=O)(=O)N2CCCCC2)cc1. The van der Waals surface area contributed by atoms with Crippen LogP contribution in [0.15, 0.2) is 29.2 Å². The van der Waals surface area contributed by atoms with Gasteiger partial charge in [0, 0.05) is 13.1 Å². The quantitative estimate of drug-likeness (QED) is 0.798. The molecule has 0 N–H and O–H groups in total. The van der Waals surface area contributed by atoms with Crippen molar-refractivity contribution in [1.29, 1.82) is 0 Å². The van der Waals surface area contributed by atoms with Crippen LogP contribution in [0.25, 0.3) is 0 Å². The number of benzene rings is 1. The monoisotopic (exact) mass is 297 g/mol. The van der Waals surface area contributed by atoms with Crippen LogP contribution in [0.5, 0.6) is 0 Å². The lowest BCUT2D eigenvalue weighted by molar-refractivity contribution is 0.0526. The normalized spacial score (nSPS) is 16.9. The molecule has 0 amide bonds. The van der Waals surface area contributed by atoms with Crippen LogP contribution in [0.3, 0.4) is 0 Å². The molecule has 1 aromatic carbocycles. The van der Waals surface area contributed by atoms with Gasteiger partial charge >= 0.3 is 5.97 Å². The smallest absolute Gasteiger partial charge is 0.338 e. The van der Waals surface area contributed by atoms with Crippen molar-refractivity contribution in [3.05, 3.63) is 29.8 Å². The molecule has 0 bridgehead atoms. The lowest BCUT2D eigenvalue weighted by atomic mass is 10.2. The summed E-state index contributed by atoms with van der Waals surface area (Å²) in [7, 11) is -3.44. The predicted octanol–water partition coefficient (Wildman–Crippen LogP) is 2.04. The third-order valence-corrected chi connectivity index (χ3v) is 5.23. The molecular weight excluding hydrogens is 278 g/mol. The van der Waals surface area contributed by atoms with Crippen molar-refractivity contribution in [3.63, 3.8) is 0 Å². The molecular formula is C14H19NO4S. The minimum Gasteiger partial charge on any atom is -0.462 e. The molecule has 0 aromatic heterocycles. The van der Waals surface area contributed by atoms with Crippen LogP contribution in [0, 0.1) is 0 Å². The van der Waals surface area contributed by atoms with Gasteiger partial charge in [-0.25, -0.2) is 13.2 Å². The van der Waals surface area contributed by atoms with Crippen molar-refractivity contribution in [2.24, 2.45) is 0 Å². The Morgan fingerprint density at radius 1 is 1.15 bits per heavy atom. The number of nitrogens with zero attached hydrogens (tertiary/aromatic N) is 1. The molecule has 5 nitrogen and oxygen atoms in total. The van der Waals surface area contributed by atoms with Crippen LogP contribution < -0.4 is 0 Å². The molecule has 1 saturated heterocycles. The summed E-state index contributed by atoms with van der Waals surface area (Å²) >= 11 is 0. The van der Waals surface area contributed by atoms with E-state index in [4.69, 9.17) is 4.74 Å². The number of carbonyl (C=O) groups excluding carboxylic acids is 1. The van der Waals surface area contributed by atoms with Gasteiger partial charge in [-0.15, -0.1) is 0 Å². The minimum atomic E-state index is -3.44. The largest absolute Gasteiger partial charge is 0.462 e. The van der Waals surface area contributed by atoms with E-state index >= 15 is 0 Å². The Bertz CT molecular complexity index is 559. The van der Waals surface area contributed by atoms with E-state index in [1.807, 2.05) is 0 Å². The van der Waals surface area contributed by atoms with Crippen LogP contribution in [0.2, 0.25) is 0 Å². The average Bonchev–Trinajstić information content (AvgIpc) is 2.48. The summed E-state index contributed by atoms with van der Waals surface area (Å²) in [4.78, 5) is 11.8. The maximum Gasteiger partial charge on any atom is 0.338 e. The van der Waals surface area contributed by atoms with E-state index < -0.39 is 16.0 Å². The Morgan fingerprint density at radius 3 is 2.30 bits per heavy atom. The van der Waals surface area contributed by atoms with Gasteiger partial charge in [-0.05, 0) is 44.0 Å². The lowest BCUT2D eigenvalue weighted by Crippen LogP contribution is -2.35. The van der Waals surface area contributed by atoms with Gasteiger partial charge in [0.05, 0.1) is 17.1 Å². The Balaban J connectivity index is 2.18. The molecule has 1 fully saturated rings. The second kappa shape index (κ2) is 6.37. The third kappa shape index (κ3) is 3.19. The van der Waals surface area contributed by atoms with Gasteiger partial charge in [0.25, 0.3) is 0 Å². The summed E-state index contributed by atoms with van der Waals surface area (Å²) in [5.74, 6) is -0.436. The van der Waals surface area contributed by atoms with Gasteiger partial charge in [0.15, 0.2) is 0 Å². The number of hydrogen-bond acceptors (Lipinski definition) is 4. The van der Waals surface area contributed by atoms with E-state index in [2.05, 4.69) is 0 Å². The summed E-state index contributed by atoms with van der Waals surface area (Å²) < 4.78 is 31.2. The zero-order chi connectivity index (χ0) is 14.6. The summed E-state index contributed by atoms with van der Waals surface area (Å²) in [6, 6.07) is 5.93. The molecule has 0 atom stereocenters. The van der Waals surface area contributed by atoms with Crippen LogP contribution in [-0.2, 0) is 14.8 Å². The fourth-order valence-electron chi connectivity index (χ4n) is 2.23. The van der Waals surface area contributed by atoms with Crippen molar-refractivity contribution in [1.82, 2.24) is 4.31 Å². The first kappa shape index (κ1) is 15.0. The first-order valence-corrected chi connectivity index (χ1v) is 8.27. The Labute approximate surface area is 119 Å². The molecule has 20 heavy (non-hydrogen) atoms. The highest BCUT2D eigenvalue weighted by Crippen LogP contribution is 2.20. The zero-order valence-electron chi connectivity index (χ0n) is 11.5. The third-order valence-electron chi connectivity index (χ3n) is 3.32. The maximum atomic E-state index is 12.4. The Kier molecular flexibility index (Phi) is 4.77. The van der Waals surface area contributed by atoms with Gasteiger partial charge < -0.3 is 4.74 Å². The molecule has 110 valence electrons. The Hall–Kier alpha value is -1.40. The van der Waals surface area contributed by atoms with E-state index in [0.717, 1.165) is 19.3 Å². The molecule has 0 aliphatic carbocycles. The van der Waals surface area contributed by atoms with Crippen LogP contribution in [0.4, 0.5) is 0 Å². The summed E-state index contributed by atoms with van der Waals surface area (Å²) in [5.41, 5.74) is 0.365. The molecule has 1 heterocycles. The number of sulfonamides is 1. The van der Waals surface area contributed by atoms with E-state index in [1.54, 1.807) is 6.92 Å². The second-order valence-electron chi connectivity index (χ2n) is 4.71. The standard InChI is InChI=1S/C14H19NO4S/c1-2-19-14(16)12-6-8-13(9-7-12)20(17,18)15-10-4-3-5-11-15/h6-9H,2-5,10-11H2,1H3. The summed E-state index contributed by atoms with van der Waals surface area (Å²) in [5, 5.41) is 0. The highest BCUT2D eigenvalue weighted by atomic mass is 32.2. The average molecular weight is 297 g/mol. The van der Waals surface area contributed by atoms with E-state index in [-0.39, 0.29) is 4.90 Å². The van der Waals surface area contributed by atoms with Gasteiger partial charge in [-0.3, -0.25) is 0 Å². The molecule has 0 radical (unpaired) electrons. The zero-order valence-corrected chi connectivity index (χ0v) is 12.4. The summed E-state index contributed by atoms with van der Waals surface area (Å²) in [6.45, 7) is 3.17. The minimum absolute atomic E-state index is 0.229. The number of rotatable bonds is 4. The number of hydrogen-bond donors (Lipinski definition) is 0. The molecule has 1 aliphatic heterocycles. The molecule has 0 unspecified atom stereocenters. The van der Waals surface area contributed by atoms with E-state index in [0.29, 0.717) is 25.3 Å². The van der Waals surface area contributed by atoms with E-state index in [9.17, 15) is 13.2 Å². The molecule has 0 spiro atoms.